The number of nitrogens with zero attached hydrogens (tertiary/aromatic N) is 4. The van der Waals surface area contributed by atoms with Crippen LogP contribution in [0.2, 0.25) is 0 Å². The fourth-order valence-corrected chi connectivity index (χ4v) is 3.05. The summed E-state index contributed by atoms with van der Waals surface area (Å²) in [6, 6.07) is 10.2. The number of anilines is 3. The number of para-hydroxylation sites is 2. The number of aryl methyl sites for hydroxylation is 1. The van der Waals surface area contributed by atoms with Gasteiger partial charge in [0.1, 0.15) is 23.2 Å². The first-order valence-corrected chi connectivity index (χ1v) is 8.54. The van der Waals surface area contributed by atoms with Gasteiger partial charge >= 0.3 is 0 Å². The zero-order chi connectivity index (χ0) is 17.6. The lowest BCUT2D eigenvalue weighted by atomic mass is 10.2. The first-order valence-electron chi connectivity index (χ1n) is 8.54. The van der Waals surface area contributed by atoms with E-state index in [1.165, 1.54) is 0 Å². The van der Waals surface area contributed by atoms with Gasteiger partial charge in [-0.05, 0) is 19.1 Å². The summed E-state index contributed by atoms with van der Waals surface area (Å²) in [6.45, 7) is 10.0. The second-order valence-corrected chi connectivity index (χ2v) is 5.97. The van der Waals surface area contributed by atoms with Gasteiger partial charge in [0.2, 0.25) is 0 Å². The predicted molar refractivity (Wildman–Crippen MR) is 103 cm³/mol. The molecule has 1 fully saturated rings. The summed E-state index contributed by atoms with van der Waals surface area (Å²) in [7, 11) is 1.72. The van der Waals surface area contributed by atoms with Crippen molar-refractivity contribution in [1.82, 2.24) is 9.97 Å². The van der Waals surface area contributed by atoms with Gasteiger partial charge in [0.25, 0.3) is 0 Å². The molecule has 1 aliphatic heterocycles. The van der Waals surface area contributed by atoms with Crippen molar-refractivity contribution in [2.45, 2.75) is 6.92 Å². The maximum absolute atomic E-state index is 5.49. The molecule has 1 aliphatic rings. The van der Waals surface area contributed by atoms with Crippen LogP contribution in [-0.4, -0.2) is 49.8 Å². The Morgan fingerprint density at radius 2 is 1.88 bits per heavy atom. The highest BCUT2D eigenvalue weighted by atomic mass is 16.5. The van der Waals surface area contributed by atoms with Crippen LogP contribution in [0.15, 0.2) is 43.0 Å². The third-order valence-electron chi connectivity index (χ3n) is 4.28. The summed E-state index contributed by atoms with van der Waals surface area (Å²) < 4.78 is 5.49. The number of hydrogen-bond acceptors (Lipinski definition) is 6. The van der Waals surface area contributed by atoms with Crippen molar-refractivity contribution in [1.29, 1.82) is 0 Å². The smallest absolute Gasteiger partial charge is 0.142 e. The molecule has 25 heavy (non-hydrogen) atoms. The fourth-order valence-electron chi connectivity index (χ4n) is 3.05. The molecule has 2 aromatic rings. The largest absolute Gasteiger partial charge is 0.495 e. The lowest BCUT2D eigenvalue weighted by Crippen LogP contribution is -2.47. The van der Waals surface area contributed by atoms with Crippen LogP contribution in [0, 0.1) is 6.92 Å². The number of nitrogens with one attached hydrogen (secondary N) is 1. The molecule has 3 rings (SSSR count). The lowest BCUT2D eigenvalue weighted by Gasteiger charge is -2.37. The Labute approximate surface area is 149 Å². The van der Waals surface area contributed by atoms with Gasteiger partial charge < -0.3 is 19.9 Å². The van der Waals surface area contributed by atoms with Crippen LogP contribution in [-0.2, 0) is 0 Å². The Hall–Kier alpha value is -2.76. The van der Waals surface area contributed by atoms with Crippen LogP contribution in [0.5, 0.6) is 5.75 Å². The lowest BCUT2D eigenvalue weighted by molar-refractivity contribution is 0.413. The maximum Gasteiger partial charge on any atom is 0.142 e. The first-order chi connectivity index (χ1) is 12.2. The zero-order valence-corrected chi connectivity index (χ0v) is 14.9. The van der Waals surface area contributed by atoms with Gasteiger partial charge in [-0.2, -0.15) is 0 Å². The summed E-state index contributed by atoms with van der Waals surface area (Å²) in [6.07, 6.45) is 1.82. The van der Waals surface area contributed by atoms with E-state index in [9.17, 15) is 0 Å². The minimum absolute atomic E-state index is 0.692. The number of aromatic nitrogens is 2. The first kappa shape index (κ1) is 17.1. The molecule has 132 valence electrons. The molecule has 6 heteroatoms. The summed E-state index contributed by atoms with van der Waals surface area (Å²) in [5.41, 5.74) is 1.15. The molecule has 2 heterocycles. The number of piperazine rings is 1. The summed E-state index contributed by atoms with van der Waals surface area (Å²) >= 11 is 0. The van der Waals surface area contributed by atoms with Crippen molar-refractivity contribution in [2.24, 2.45) is 0 Å². The van der Waals surface area contributed by atoms with Crippen molar-refractivity contribution >= 4 is 17.3 Å². The average molecular weight is 339 g/mol. The molecule has 1 aromatic carbocycles. The molecular formula is C19H25N5O. The van der Waals surface area contributed by atoms with E-state index in [0.29, 0.717) is 6.54 Å². The quantitative estimate of drug-likeness (QED) is 0.817. The molecule has 0 bridgehead atoms. The van der Waals surface area contributed by atoms with Gasteiger partial charge in [-0.15, -0.1) is 6.58 Å². The van der Waals surface area contributed by atoms with Crippen molar-refractivity contribution in [3.05, 3.63) is 48.8 Å². The summed E-state index contributed by atoms with van der Waals surface area (Å²) in [5, 5.41) is 3.24. The van der Waals surface area contributed by atoms with Crippen LogP contribution in [0.1, 0.15) is 5.82 Å². The topological polar surface area (TPSA) is 53.5 Å². The van der Waals surface area contributed by atoms with E-state index >= 15 is 0 Å². The third kappa shape index (κ3) is 4.02. The molecule has 0 spiro atoms. The number of benzene rings is 1. The minimum atomic E-state index is 0.692. The van der Waals surface area contributed by atoms with Crippen LogP contribution in [0.3, 0.4) is 0 Å². The van der Waals surface area contributed by atoms with Crippen molar-refractivity contribution < 1.29 is 4.74 Å². The second-order valence-electron chi connectivity index (χ2n) is 5.97. The van der Waals surface area contributed by atoms with E-state index in [1.807, 2.05) is 31.2 Å². The number of hydrogen-bond donors (Lipinski definition) is 1. The monoisotopic (exact) mass is 339 g/mol. The Balaban J connectivity index is 1.70. The van der Waals surface area contributed by atoms with E-state index in [2.05, 4.69) is 43.8 Å². The van der Waals surface area contributed by atoms with Crippen LogP contribution in [0.25, 0.3) is 0 Å². The van der Waals surface area contributed by atoms with E-state index in [0.717, 1.165) is 55.1 Å². The van der Waals surface area contributed by atoms with Gasteiger partial charge in [-0.25, -0.2) is 9.97 Å². The van der Waals surface area contributed by atoms with Gasteiger partial charge in [0.05, 0.1) is 12.8 Å². The predicted octanol–water partition coefficient (Wildman–Crippen LogP) is 2.72. The third-order valence-corrected chi connectivity index (χ3v) is 4.28. The van der Waals surface area contributed by atoms with Gasteiger partial charge in [0, 0.05) is 38.8 Å². The maximum atomic E-state index is 5.49. The second kappa shape index (κ2) is 7.88. The molecule has 0 radical (unpaired) electrons. The van der Waals surface area contributed by atoms with Gasteiger partial charge in [-0.1, -0.05) is 18.2 Å². The Kier molecular flexibility index (Phi) is 5.38. The molecule has 0 atom stereocenters. The molecule has 0 unspecified atom stereocenters. The zero-order valence-electron chi connectivity index (χ0n) is 14.9. The van der Waals surface area contributed by atoms with Crippen LogP contribution in [0.4, 0.5) is 17.3 Å². The highest BCUT2D eigenvalue weighted by Crippen LogP contribution is 2.29. The number of rotatable bonds is 6. The normalized spacial score (nSPS) is 14.3. The molecule has 6 nitrogen and oxygen atoms in total. The molecule has 0 aliphatic carbocycles. The standard InChI is InChI=1S/C19H25N5O/c1-4-9-20-18-14-19(22-15(2)21-18)24-12-10-23(11-13-24)16-7-5-6-8-17(16)25-3/h4-8,14H,1,9-13H2,2-3H3,(H,20,21,22). The van der Waals surface area contributed by atoms with Crippen LogP contribution >= 0.6 is 0 Å². The van der Waals surface area contributed by atoms with E-state index in [4.69, 9.17) is 4.74 Å². The molecule has 0 amide bonds. The molecule has 0 saturated carbocycles. The van der Waals surface area contributed by atoms with E-state index < -0.39 is 0 Å². The van der Waals surface area contributed by atoms with Crippen molar-refractivity contribution in [3.8, 4) is 5.75 Å². The molecule has 1 N–H and O–H groups in total. The Morgan fingerprint density at radius 1 is 1.16 bits per heavy atom. The SMILES string of the molecule is C=CCNc1cc(N2CCN(c3ccccc3OC)CC2)nc(C)n1. The average Bonchev–Trinajstić information content (AvgIpc) is 2.66. The van der Waals surface area contributed by atoms with Crippen molar-refractivity contribution in [3.63, 3.8) is 0 Å². The van der Waals surface area contributed by atoms with Gasteiger partial charge in [-0.3, -0.25) is 0 Å². The Bertz CT molecular complexity index is 726. The minimum Gasteiger partial charge on any atom is -0.495 e. The Morgan fingerprint density at radius 3 is 2.60 bits per heavy atom. The summed E-state index contributed by atoms with van der Waals surface area (Å²) in [5.74, 6) is 3.51. The molecule has 1 saturated heterocycles. The highest BCUT2D eigenvalue weighted by Gasteiger charge is 2.21. The number of ether oxygens (including phenoxy) is 1. The highest BCUT2D eigenvalue weighted by molar-refractivity contribution is 5.60. The van der Waals surface area contributed by atoms with Gasteiger partial charge in [0.15, 0.2) is 0 Å². The number of methoxy groups -OCH3 is 1. The van der Waals surface area contributed by atoms with Crippen molar-refractivity contribution in [2.75, 3.05) is 55.0 Å². The van der Waals surface area contributed by atoms with E-state index in [-0.39, 0.29) is 0 Å². The van der Waals surface area contributed by atoms with E-state index in [1.54, 1.807) is 7.11 Å². The van der Waals surface area contributed by atoms with Crippen LogP contribution < -0.4 is 19.9 Å². The molecular weight excluding hydrogens is 314 g/mol. The fraction of sp³-hybridized carbons (Fsp3) is 0.368. The summed E-state index contributed by atoms with van der Waals surface area (Å²) in [4.78, 5) is 13.7. The molecule has 1 aromatic heterocycles.